The highest BCUT2D eigenvalue weighted by Gasteiger charge is 2.23. The minimum absolute atomic E-state index is 1.21. The fraction of sp³-hybridized carbons (Fsp3) is 0. The fourth-order valence-corrected chi connectivity index (χ4v) is 8.15. The van der Waals surface area contributed by atoms with Gasteiger partial charge in [-0.2, -0.15) is 0 Å². The van der Waals surface area contributed by atoms with E-state index < -0.39 is 0 Å². The SMILES string of the molecule is c1ccc2c(c1)ccc1ccc(-c3cc4c5ccccc5n5c6ccccc6n6c7ccccc7c7ccc3c(c76)c45)cc12. The van der Waals surface area contributed by atoms with Gasteiger partial charge in [-0.15, -0.1) is 0 Å². The maximum absolute atomic E-state index is 2.52. The van der Waals surface area contributed by atoms with E-state index in [4.69, 9.17) is 0 Å². The van der Waals surface area contributed by atoms with Crippen LogP contribution in [0.3, 0.4) is 0 Å². The molecule has 0 unspecified atom stereocenters. The molecule has 202 valence electrons. The molecule has 0 aliphatic carbocycles. The number of aromatic nitrogens is 2. The third-order valence-electron chi connectivity index (χ3n) is 9.99. The van der Waals surface area contributed by atoms with Crippen molar-refractivity contribution in [1.82, 2.24) is 8.80 Å². The van der Waals surface area contributed by atoms with Crippen molar-refractivity contribution in [3.63, 3.8) is 0 Å². The Morgan fingerprint density at radius 2 is 0.841 bits per heavy atom. The first-order valence-electron chi connectivity index (χ1n) is 15.3. The molecule has 0 fully saturated rings. The zero-order chi connectivity index (χ0) is 28.5. The van der Waals surface area contributed by atoms with Crippen molar-refractivity contribution in [2.75, 3.05) is 0 Å². The Hall–Kier alpha value is -5.86. The van der Waals surface area contributed by atoms with Gasteiger partial charge in [0.25, 0.3) is 0 Å². The predicted octanol–water partition coefficient (Wildman–Crippen LogP) is 11.4. The maximum atomic E-state index is 2.52. The normalized spacial score (nSPS) is 12.5. The van der Waals surface area contributed by atoms with Gasteiger partial charge < -0.3 is 8.80 Å². The molecule has 8 aromatic carbocycles. The largest absolute Gasteiger partial charge is 0.306 e. The van der Waals surface area contributed by atoms with Crippen LogP contribution in [0.2, 0.25) is 0 Å². The number of nitrogens with zero attached hydrogens (tertiary/aromatic N) is 2. The highest BCUT2D eigenvalue weighted by molar-refractivity contribution is 6.32. The van der Waals surface area contributed by atoms with Gasteiger partial charge in [-0.3, -0.25) is 0 Å². The Morgan fingerprint density at radius 1 is 0.318 bits per heavy atom. The Balaban J connectivity index is 1.44. The molecule has 0 N–H and O–H groups in total. The Labute approximate surface area is 251 Å². The molecule has 2 heteroatoms. The molecule has 0 aliphatic rings. The smallest absolute Gasteiger partial charge is 0.0703 e. The van der Waals surface area contributed by atoms with Gasteiger partial charge in [0.1, 0.15) is 0 Å². The molecule has 0 saturated heterocycles. The average Bonchev–Trinajstić information content (AvgIpc) is 3.56. The van der Waals surface area contributed by atoms with Gasteiger partial charge in [-0.25, -0.2) is 0 Å². The van der Waals surface area contributed by atoms with Gasteiger partial charge in [0, 0.05) is 26.9 Å². The molecular weight excluding hydrogens is 532 g/mol. The zero-order valence-corrected chi connectivity index (χ0v) is 23.8. The summed E-state index contributed by atoms with van der Waals surface area (Å²) in [6.07, 6.45) is 0. The van der Waals surface area contributed by atoms with Gasteiger partial charge in [0.15, 0.2) is 0 Å². The monoisotopic (exact) mass is 556 g/mol. The van der Waals surface area contributed by atoms with Crippen LogP contribution in [0.4, 0.5) is 0 Å². The summed E-state index contributed by atoms with van der Waals surface area (Å²) in [7, 11) is 0. The fourth-order valence-electron chi connectivity index (χ4n) is 8.15. The lowest BCUT2D eigenvalue weighted by molar-refractivity contribution is 1.31. The number of fused-ring (bicyclic) bond motifs is 12. The second-order valence-corrected chi connectivity index (χ2v) is 12.1. The summed E-state index contributed by atoms with van der Waals surface area (Å²) < 4.78 is 5.03. The lowest BCUT2D eigenvalue weighted by Gasteiger charge is -2.13. The average molecular weight is 557 g/mol. The molecule has 3 aromatic heterocycles. The van der Waals surface area contributed by atoms with E-state index >= 15 is 0 Å². The minimum atomic E-state index is 1.21. The molecule has 0 amide bonds. The Kier molecular flexibility index (Phi) is 4.10. The van der Waals surface area contributed by atoms with Crippen molar-refractivity contribution >= 4 is 87.0 Å². The van der Waals surface area contributed by atoms with Gasteiger partial charge in [-0.1, -0.05) is 109 Å². The second kappa shape index (κ2) is 7.94. The van der Waals surface area contributed by atoms with E-state index in [1.165, 1.54) is 98.1 Å². The van der Waals surface area contributed by atoms with Crippen LogP contribution in [0.25, 0.3) is 98.1 Å². The number of rotatable bonds is 1. The number of hydrogen-bond acceptors (Lipinski definition) is 0. The summed E-state index contributed by atoms with van der Waals surface area (Å²) in [4.78, 5) is 0. The van der Waals surface area contributed by atoms with Crippen LogP contribution in [-0.4, -0.2) is 8.80 Å². The molecule has 0 spiro atoms. The third kappa shape index (κ3) is 2.68. The number of hydrogen-bond donors (Lipinski definition) is 0. The highest BCUT2D eigenvalue weighted by Crippen LogP contribution is 2.46. The molecule has 0 atom stereocenters. The van der Waals surface area contributed by atoms with E-state index in [1.807, 2.05) is 0 Å². The van der Waals surface area contributed by atoms with E-state index in [1.54, 1.807) is 0 Å². The summed E-state index contributed by atoms with van der Waals surface area (Å²) in [5.74, 6) is 0. The molecule has 0 radical (unpaired) electrons. The number of para-hydroxylation sites is 4. The topological polar surface area (TPSA) is 8.82 Å². The van der Waals surface area contributed by atoms with Crippen molar-refractivity contribution in [2.24, 2.45) is 0 Å². The summed E-state index contributed by atoms with van der Waals surface area (Å²) >= 11 is 0. The lowest BCUT2D eigenvalue weighted by Crippen LogP contribution is -1.88. The molecule has 0 bridgehead atoms. The number of benzene rings is 8. The quantitative estimate of drug-likeness (QED) is 0.178. The first-order valence-corrected chi connectivity index (χ1v) is 15.3. The molecule has 11 rings (SSSR count). The molecule has 2 nitrogen and oxygen atoms in total. The van der Waals surface area contributed by atoms with E-state index in [9.17, 15) is 0 Å². The first kappa shape index (κ1) is 22.7. The van der Waals surface area contributed by atoms with Crippen LogP contribution in [0.5, 0.6) is 0 Å². The molecule has 0 aliphatic heterocycles. The summed E-state index contributed by atoms with van der Waals surface area (Å²) in [5, 5.41) is 12.9. The molecule has 44 heavy (non-hydrogen) atoms. The standard InChI is InChI=1S/C42H24N2/c1-2-10-28-25(9-1)17-18-26-19-20-27(23-33(26)28)34-24-35-30-12-4-6-14-37(30)44-39-16-8-7-15-38(39)43-36-13-5-3-11-29(36)32-22-21-31(34)40(41(32)43)42(35)44/h1-24H. The molecule has 3 heterocycles. The van der Waals surface area contributed by atoms with Crippen molar-refractivity contribution < 1.29 is 0 Å². The molecule has 11 aromatic rings. The Morgan fingerprint density at radius 3 is 1.57 bits per heavy atom. The molecule has 0 saturated carbocycles. The van der Waals surface area contributed by atoms with Gasteiger partial charge >= 0.3 is 0 Å². The summed E-state index contributed by atoms with van der Waals surface area (Å²) in [5.41, 5.74) is 10.0. The summed E-state index contributed by atoms with van der Waals surface area (Å²) in [6, 6.07) is 54.1. The first-order chi connectivity index (χ1) is 21.8. The van der Waals surface area contributed by atoms with E-state index in [-0.39, 0.29) is 0 Å². The van der Waals surface area contributed by atoms with Gasteiger partial charge in [0.2, 0.25) is 0 Å². The predicted molar refractivity (Wildman–Crippen MR) is 188 cm³/mol. The van der Waals surface area contributed by atoms with E-state index in [2.05, 4.69) is 154 Å². The van der Waals surface area contributed by atoms with Crippen LogP contribution in [0.15, 0.2) is 146 Å². The zero-order valence-electron chi connectivity index (χ0n) is 23.8. The summed E-state index contributed by atoms with van der Waals surface area (Å²) in [6.45, 7) is 0. The highest BCUT2D eigenvalue weighted by atomic mass is 15.0. The van der Waals surface area contributed by atoms with Crippen molar-refractivity contribution in [3.8, 4) is 11.1 Å². The van der Waals surface area contributed by atoms with Gasteiger partial charge in [-0.05, 0) is 74.5 Å². The van der Waals surface area contributed by atoms with Crippen molar-refractivity contribution in [3.05, 3.63) is 146 Å². The molecular formula is C42H24N2. The van der Waals surface area contributed by atoms with E-state index in [0.29, 0.717) is 0 Å². The lowest BCUT2D eigenvalue weighted by atomic mass is 9.91. The minimum Gasteiger partial charge on any atom is -0.306 e. The Bertz CT molecular complexity index is 2950. The maximum Gasteiger partial charge on any atom is 0.0703 e. The van der Waals surface area contributed by atoms with Crippen LogP contribution < -0.4 is 0 Å². The second-order valence-electron chi connectivity index (χ2n) is 12.1. The van der Waals surface area contributed by atoms with E-state index in [0.717, 1.165) is 0 Å². The van der Waals surface area contributed by atoms with Crippen LogP contribution in [0.1, 0.15) is 0 Å². The van der Waals surface area contributed by atoms with Crippen LogP contribution in [-0.2, 0) is 0 Å². The van der Waals surface area contributed by atoms with Crippen molar-refractivity contribution in [1.29, 1.82) is 0 Å². The third-order valence-corrected chi connectivity index (χ3v) is 9.99. The van der Waals surface area contributed by atoms with Crippen LogP contribution >= 0.6 is 0 Å². The van der Waals surface area contributed by atoms with Crippen LogP contribution in [0, 0.1) is 0 Å². The van der Waals surface area contributed by atoms with Crippen molar-refractivity contribution in [2.45, 2.75) is 0 Å². The van der Waals surface area contributed by atoms with Gasteiger partial charge in [0.05, 0.1) is 33.1 Å².